The van der Waals surface area contributed by atoms with Gasteiger partial charge in [-0.3, -0.25) is 4.90 Å². The Morgan fingerprint density at radius 1 is 1.31 bits per heavy atom. The van der Waals surface area contributed by atoms with Crippen molar-refractivity contribution in [2.75, 3.05) is 19.0 Å². The van der Waals surface area contributed by atoms with Crippen molar-refractivity contribution < 1.29 is 9.67 Å². The highest BCUT2D eigenvalue weighted by molar-refractivity contribution is 5.32. The first-order chi connectivity index (χ1) is 5.95. The van der Waals surface area contributed by atoms with Gasteiger partial charge in [-0.15, -0.1) is 0 Å². The van der Waals surface area contributed by atoms with Crippen molar-refractivity contribution in [1.29, 1.82) is 0 Å². The molecule has 0 radical (unpaired) electrons. The quantitative estimate of drug-likeness (QED) is 0.635. The number of nitrogens with zero attached hydrogens (tertiary/aromatic N) is 3. The SMILES string of the molecule is Cc1nc(N(C)C)[n+](C)c(C)c1O. The maximum atomic E-state index is 9.59. The molecule has 0 atom stereocenters. The van der Waals surface area contributed by atoms with E-state index in [0.717, 1.165) is 11.6 Å². The van der Waals surface area contributed by atoms with Gasteiger partial charge in [0.2, 0.25) is 0 Å². The summed E-state index contributed by atoms with van der Waals surface area (Å²) in [6.07, 6.45) is 0. The minimum Gasteiger partial charge on any atom is -0.502 e. The maximum Gasteiger partial charge on any atom is 0.393 e. The van der Waals surface area contributed by atoms with Gasteiger partial charge in [0, 0.05) is 0 Å². The summed E-state index contributed by atoms with van der Waals surface area (Å²) in [7, 11) is 5.74. The number of aromatic hydroxyl groups is 1. The lowest BCUT2D eigenvalue weighted by Crippen LogP contribution is -2.40. The molecule has 0 unspecified atom stereocenters. The monoisotopic (exact) mass is 182 g/mol. The molecule has 0 fully saturated rings. The predicted molar refractivity (Wildman–Crippen MR) is 50.9 cm³/mol. The highest BCUT2D eigenvalue weighted by atomic mass is 16.3. The van der Waals surface area contributed by atoms with E-state index in [2.05, 4.69) is 4.98 Å². The molecule has 1 aromatic heterocycles. The lowest BCUT2D eigenvalue weighted by Gasteiger charge is -2.10. The summed E-state index contributed by atoms with van der Waals surface area (Å²) in [6, 6.07) is 0. The fraction of sp³-hybridized carbons (Fsp3) is 0.556. The Morgan fingerprint density at radius 2 is 1.85 bits per heavy atom. The highest BCUT2D eigenvalue weighted by Gasteiger charge is 2.18. The fourth-order valence-electron chi connectivity index (χ4n) is 1.25. The van der Waals surface area contributed by atoms with Crippen LogP contribution in [0.5, 0.6) is 5.75 Å². The number of rotatable bonds is 1. The van der Waals surface area contributed by atoms with E-state index in [4.69, 9.17) is 0 Å². The van der Waals surface area contributed by atoms with Gasteiger partial charge >= 0.3 is 5.95 Å². The molecule has 1 heterocycles. The van der Waals surface area contributed by atoms with E-state index in [0.29, 0.717) is 5.69 Å². The Labute approximate surface area is 78.5 Å². The summed E-state index contributed by atoms with van der Waals surface area (Å²) in [4.78, 5) is 6.19. The van der Waals surface area contributed by atoms with Crippen molar-refractivity contribution in [3.05, 3.63) is 11.4 Å². The first-order valence-electron chi connectivity index (χ1n) is 4.18. The van der Waals surface area contributed by atoms with Crippen LogP contribution in [0.25, 0.3) is 0 Å². The van der Waals surface area contributed by atoms with Crippen molar-refractivity contribution in [2.45, 2.75) is 13.8 Å². The molecule has 72 valence electrons. The zero-order valence-electron chi connectivity index (χ0n) is 8.79. The molecule has 1 rings (SSSR count). The fourth-order valence-corrected chi connectivity index (χ4v) is 1.25. The van der Waals surface area contributed by atoms with E-state index >= 15 is 0 Å². The second kappa shape index (κ2) is 3.20. The van der Waals surface area contributed by atoms with Crippen LogP contribution in [-0.4, -0.2) is 24.2 Å². The van der Waals surface area contributed by atoms with Crippen molar-refractivity contribution in [2.24, 2.45) is 7.05 Å². The molecule has 1 N–H and O–H groups in total. The Balaban J connectivity index is 3.41. The molecule has 0 aromatic carbocycles. The van der Waals surface area contributed by atoms with E-state index < -0.39 is 0 Å². The Hall–Kier alpha value is -1.32. The van der Waals surface area contributed by atoms with E-state index in [9.17, 15) is 5.11 Å². The van der Waals surface area contributed by atoms with Gasteiger partial charge < -0.3 is 5.11 Å². The number of hydrogen-bond donors (Lipinski definition) is 1. The maximum absolute atomic E-state index is 9.59. The average molecular weight is 182 g/mol. The van der Waals surface area contributed by atoms with Crippen LogP contribution in [0.1, 0.15) is 11.4 Å². The molecular formula is C9H16N3O+. The van der Waals surface area contributed by atoms with Crippen LogP contribution in [0.15, 0.2) is 0 Å². The first-order valence-corrected chi connectivity index (χ1v) is 4.18. The molecule has 4 nitrogen and oxygen atoms in total. The Morgan fingerprint density at radius 3 is 2.31 bits per heavy atom. The van der Waals surface area contributed by atoms with Crippen molar-refractivity contribution in [3.63, 3.8) is 0 Å². The second-order valence-electron chi connectivity index (χ2n) is 3.38. The highest BCUT2D eigenvalue weighted by Crippen LogP contribution is 2.17. The third kappa shape index (κ3) is 1.56. The molecule has 0 aliphatic rings. The van der Waals surface area contributed by atoms with Crippen LogP contribution in [0.4, 0.5) is 5.95 Å². The number of hydrogen-bond acceptors (Lipinski definition) is 3. The minimum atomic E-state index is 0.271. The summed E-state index contributed by atoms with van der Waals surface area (Å²) < 4.78 is 1.86. The van der Waals surface area contributed by atoms with Gasteiger partial charge in [-0.05, 0) is 13.8 Å². The lowest BCUT2D eigenvalue weighted by molar-refractivity contribution is -0.668. The average Bonchev–Trinajstić information content (AvgIpc) is 2.07. The van der Waals surface area contributed by atoms with E-state index in [1.165, 1.54) is 0 Å². The van der Waals surface area contributed by atoms with Gasteiger partial charge in [0.05, 0.1) is 21.1 Å². The van der Waals surface area contributed by atoms with Crippen molar-refractivity contribution >= 4 is 5.95 Å². The van der Waals surface area contributed by atoms with Gasteiger partial charge in [-0.1, -0.05) is 4.98 Å². The summed E-state index contributed by atoms with van der Waals surface area (Å²) >= 11 is 0. The van der Waals surface area contributed by atoms with E-state index in [-0.39, 0.29) is 5.75 Å². The van der Waals surface area contributed by atoms with Crippen molar-refractivity contribution in [1.82, 2.24) is 4.98 Å². The lowest BCUT2D eigenvalue weighted by atomic mass is 10.3. The van der Waals surface area contributed by atoms with Gasteiger partial charge in [0.25, 0.3) is 0 Å². The zero-order chi connectivity index (χ0) is 10.2. The predicted octanol–water partition coefficient (Wildman–Crippen LogP) is 0.295. The van der Waals surface area contributed by atoms with Gasteiger partial charge in [0.1, 0.15) is 5.69 Å². The smallest absolute Gasteiger partial charge is 0.393 e. The molecule has 0 spiro atoms. The van der Waals surface area contributed by atoms with Gasteiger partial charge in [-0.25, -0.2) is 4.57 Å². The van der Waals surface area contributed by atoms with E-state index in [1.807, 2.05) is 37.5 Å². The van der Waals surface area contributed by atoms with Crippen LogP contribution < -0.4 is 9.47 Å². The molecule has 0 aliphatic carbocycles. The van der Waals surface area contributed by atoms with Crippen LogP contribution >= 0.6 is 0 Å². The molecular weight excluding hydrogens is 166 g/mol. The number of aromatic nitrogens is 2. The molecule has 0 aliphatic heterocycles. The third-order valence-corrected chi connectivity index (χ3v) is 2.16. The van der Waals surface area contributed by atoms with Crippen LogP contribution in [0.2, 0.25) is 0 Å². The third-order valence-electron chi connectivity index (χ3n) is 2.16. The summed E-state index contributed by atoms with van der Waals surface area (Å²) in [6.45, 7) is 3.67. The Bertz CT molecular complexity index is 334. The minimum absolute atomic E-state index is 0.271. The van der Waals surface area contributed by atoms with Crippen LogP contribution in [0, 0.1) is 13.8 Å². The first kappa shape index (κ1) is 9.77. The van der Waals surface area contributed by atoms with Crippen LogP contribution in [0.3, 0.4) is 0 Å². The topological polar surface area (TPSA) is 40.2 Å². The standard InChI is InChI=1S/C9H15N3O/c1-6-8(13)7(2)12(5)9(10-6)11(3)4/h1-5H3/p+1. The molecule has 0 amide bonds. The molecule has 13 heavy (non-hydrogen) atoms. The summed E-state index contributed by atoms with van der Waals surface area (Å²) in [5.41, 5.74) is 1.50. The molecule has 0 bridgehead atoms. The molecule has 1 aromatic rings. The van der Waals surface area contributed by atoms with Gasteiger partial charge in [0.15, 0.2) is 11.4 Å². The van der Waals surface area contributed by atoms with Crippen LogP contribution in [-0.2, 0) is 7.05 Å². The normalized spacial score (nSPS) is 10.2. The van der Waals surface area contributed by atoms with Gasteiger partial charge in [-0.2, -0.15) is 0 Å². The number of anilines is 1. The largest absolute Gasteiger partial charge is 0.502 e. The summed E-state index contributed by atoms with van der Waals surface area (Å²) in [5.74, 6) is 1.11. The molecule has 0 saturated carbocycles. The zero-order valence-corrected chi connectivity index (χ0v) is 8.79. The van der Waals surface area contributed by atoms with E-state index in [1.54, 1.807) is 6.92 Å². The van der Waals surface area contributed by atoms with Crippen molar-refractivity contribution in [3.8, 4) is 5.75 Å². The summed E-state index contributed by atoms with van der Waals surface area (Å²) in [5, 5.41) is 9.59. The Kier molecular flexibility index (Phi) is 2.40. The second-order valence-corrected chi connectivity index (χ2v) is 3.38. The number of aryl methyl sites for hydroxylation is 1. The molecule has 0 saturated heterocycles. The molecule has 4 heteroatoms.